The van der Waals surface area contributed by atoms with Gasteiger partial charge in [0.2, 0.25) is 0 Å². The first-order chi connectivity index (χ1) is 12.3. The maximum atomic E-state index is 3.86. The van der Waals surface area contributed by atoms with Crippen molar-refractivity contribution in [2.24, 2.45) is 41.4 Å². The van der Waals surface area contributed by atoms with Crippen LogP contribution in [0.25, 0.3) is 0 Å². The molecule has 0 atom stereocenters. The Morgan fingerprint density at radius 3 is 0.926 bits per heavy atom. The van der Waals surface area contributed by atoms with Gasteiger partial charge in [0, 0.05) is 17.3 Å². The van der Waals surface area contributed by atoms with Crippen LogP contribution in [-0.2, 0) is 0 Å². The van der Waals surface area contributed by atoms with E-state index in [2.05, 4.69) is 95.3 Å². The van der Waals surface area contributed by atoms with E-state index in [1.807, 2.05) is 13.8 Å². The summed E-state index contributed by atoms with van der Waals surface area (Å²) >= 11 is 0. The van der Waals surface area contributed by atoms with E-state index in [4.69, 9.17) is 0 Å². The number of allylic oxidation sites excluding steroid dienone is 4. The van der Waals surface area contributed by atoms with Gasteiger partial charge in [-0.2, -0.15) is 0 Å². The maximum Gasteiger partial charge on any atom is 0.0175 e. The molecule has 0 amide bonds. The Hall–Kier alpha value is -0.720. The molecule has 1 rings (SSSR count). The minimum absolute atomic E-state index is 0.561. The highest BCUT2D eigenvalue weighted by atomic mass is 14.9. The van der Waals surface area contributed by atoms with E-state index in [-0.39, 0.29) is 0 Å². The number of hydrogen-bond acceptors (Lipinski definition) is 1. The number of nitrogens with one attached hydrogen (secondary N) is 1. The zero-order valence-electron chi connectivity index (χ0n) is 21.5. The summed E-state index contributed by atoms with van der Waals surface area (Å²) in [5.74, 6) is 4.41. The summed E-state index contributed by atoms with van der Waals surface area (Å²) in [6, 6.07) is 0. The fraction of sp³-hybridized carbons (Fsp3) is 0.846. The first-order valence-electron chi connectivity index (χ1n) is 11.6. The van der Waals surface area contributed by atoms with E-state index < -0.39 is 0 Å². The summed E-state index contributed by atoms with van der Waals surface area (Å²) in [5, 5.41) is 3.86. The van der Waals surface area contributed by atoms with Crippen molar-refractivity contribution in [1.82, 2.24) is 5.32 Å². The monoisotopic (exact) mass is 379 g/mol. The van der Waals surface area contributed by atoms with Gasteiger partial charge in [0.1, 0.15) is 0 Å². The minimum Gasteiger partial charge on any atom is -0.362 e. The lowest BCUT2D eigenvalue weighted by Crippen LogP contribution is -2.37. The van der Waals surface area contributed by atoms with Crippen LogP contribution < -0.4 is 5.32 Å². The quantitative estimate of drug-likeness (QED) is 0.503. The molecule has 0 unspecified atom stereocenters. The molecule has 1 nitrogen and oxygen atoms in total. The Balaban J connectivity index is 0. The third-order valence-electron chi connectivity index (χ3n) is 4.63. The second-order valence-corrected chi connectivity index (χ2v) is 9.94. The van der Waals surface area contributed by atoms with E-state index >= 15 is 0 Å². The van der Waals surface area contributed by atoms with Crippen LogP contribution in [0.5, 0.6) is 0 Å². The summed E-state index contributed by atoms with van der Waals surface area (Å²) in [5.41, 5.74) is 6.26. The topological polar surface area (TPSA) is 12.0 Å². The fourth-order valence-corrected chi connectivity index (χ4v) is 3.81. The molecule has 1 heteroatoms. The molecule has 0 aromatic rings. The summed E-state index contributed by atoms with van der Waals surface area (Å²) in [6.45, 7) is 34.0. The third-order valence-corrected chi connectivity index (χ3v) is 4.63. The lowest BCUT2D eigenvalue weighted by atomic mass is 9.69. The molecule has 1 N–H and O–H groups in total. The maximum absolute atomic E-state index is 3.86. The molecule has 0 aromatic carbocycles. The normalized spacial score (nSPS) is 15.6. The van der Waals surface area contributed by atoms with Crippen molar-refractivity contribution in [1.29, 1.82) is 0 Å². The Morgan fingerprint density at radius 1 is 0.519 bits per heavy atom. The van der Waals surface area contributed by atoms with Crippen LogP contribution in [0.4, 0.5) is 0 Å². The van der Waals surface area contributed by atoms with Crippen LogP contribution in [-0.4, -0.2) is 0 Å². The summed E-state index contributed by atoms with van der Waals surface area (Å²) in [4.78, 5) is 0. The molecule has 0 aromatic heterocycles. The summed E-state index contributed by atoms with van der Waals surface area (Å²) in [6.07, 6.45) is 0. The predicted octanol–water partition coefficient (Wildman–Crippen LogP) is 8.68. The van der Waals surface area contributed by atoms with E-state index in [0.717, 1.165) is 5.92 Å². The van der Waals surface area contributed by atoms with Gasteiger partial charge in [0.25, 0.3) is 0 Å². The van der Waals surface area contributed by atoms with Crippen molar-refractivity contribution < 1.29 is 0 Å². The molecule has 0 bridgehead atoms. The molecule has 1 aliphatic heterocycles. The highest BCUT2D eigenvalue weighted by molar-refractivity contribution is 5.39. The van der Waals surface area contributed by atoms with Gasteiger partial charge in [0.05, 0.1) is 0 Å². The molecule has 0 saturated heterocycles. The number of rotatable bonds is 5. The van der Waals surface area contributed by atoms with E-state index in [1.54, 1.807) is 11.1 Å². The van der Waals surface area contributed by atoms with Gasteiger partial charge in [-0.15, -0.1) is 0 Å². The van der Waals surface area contributed by atoms with E-state index in [1.165, 1.54) is 11.4 Å². The molecule has 27 heavy (non-hydrogen) atoms. The van der Waals surface area contributed by atoms with Gasteiger partial charge in [-0.05, 0) is 46.7 Å². The van der Waals surface area contributed by atoms with Crippen molar-refractivity contribution >= 4 is 0 Å². The Kier molecular flexibility index (Phi) is 14.2. The van der Waals surface area contributed by atoms with Gasteiger partial charge in [-0.1, -0.05) is 104 Å². The van der Waals surface area contributed by atoms with Crippen molar-refractivity contribution in [2.75, 3.05) is 0 Å². The van der Waals surface area contributed by atoms with Gasteiger partial charge in [-0.3, -0.25) is 0 Å². The van der Waals surface area contributed by atoms with Crippen LogP contribution in [0.15, 0.2) is 22.5 Å². The van der Waals surface area contributed by atoms with Crippen LogP contribution in [0.1, 0.15) is 104 Å². The van der Waals surface area contributed by atoms with Crippen LogP contribution in [0.2, 0.25) is 0 Å². The third kappa shape index (κ3) is 8.88. The Morgan fingerprint density at radius 2 is 0.778 bits per heavy atom. The highest BCUT2D eigenvalue weighted by Crippen LogP contribution is 2.44. The molecule has 1 aliphatic rings. The average Bonchev–Trinajstić information content (AvgIpc) is 2.53. The standard InChI is InChI=1S/C20H37N.C4H10.C2H6/c1-11(2)16-17(12(3)4)19(14(7)8)21-20(15(9)10)18(16)13(5)6;1-4(2)3;1-2/h11-16,21H,1-10H3;4H,1-3H3;1-2H3. The van der Waals surface area contributed by atoms with Gasteiger partial charge < -0.3 is 5.32 Å². The second kappa shape index (κ2) is 13.5. The van der Waals surface area contributed by atoms with Crippen LogP contribution >= 0.6 is 0 Å². The van der Waals surface area contributed by atoms with Crippen molar-refractivity contribution in [3.05, 3.63) is 22.5 Å². The van der Waals surface area contributed by atoms with Crippen molar-refractivity contribution in [3.8, 4) is 0 Å². The second-order valence-electron chi connectivity index (χ2n) is 9.94. The molecule has 0 aliphatic carbocycles. The molecule has 162 valence electrons. The number of dihydropyridines is 1. The summed E-state index contributed by atoms with van der Waals surface area (Å²) in [7, 11) is 0. The lowest BCUT2D eigenvalue weighted by molar-refractivity contribution is 0.389. The zero-order chi connectivity index (χ0) is 22.1. The van der Waals surface area contributed by atoms with Gasteiger partial charge in [0.15, 0.2) is 0 Å². The fourth-order valence-electron chi connectivity index (χ4n) is 3.81. The molecule has 0 spiro atoms. The smallest absolute Gasteiger partial charge is 0.0175 e. The Bertz CT molecular complexity index is 420. The first kappa shape index (κ1) is 28.5. The van der Waals surface area contributed by atoms with Crippen LogP contribution in [0.3, 0.4) is 0 Å². The SMILES string of the molecule is CC.CC(C)C.CC(C)C1=C(C(C)C)C(C(C)C)C(C(C)C)=C(C(C)C)N1. The van der Waals surface area contributed by atoms with E-state index in [0.29, 0.717) is 35.5 Å². The lowest BCUT2D eigenvalue weighted by Gasteiger charge is -2.42. The van der Waals surface area contributed by atoms with Crippen molar-refractivity contribution in [2.45, 2.75) is 104 Å². The predicted molar refractivity (Wildman–Crippen MR) is 127 cm³/mol. The first-order valence-corrected chi connectivity index (χ1v) is 11.6. The molecule has 1 heterocycles. The minimum atomic E-state index is 0.561. The molecule has 0 saturated carbocycles. The molecular weight excluding hydrogens is 326 g/mol. The molecule has 0 radical (unpaired) electrons. The molecule has 0 fully saturated rings. The average molecular weight is 380 g/mol. The van der Waals surface area contributed by atoms with Gasteiger partial charge >= 0.3 is 0 Å². The Labute approximate surface area is 173 Å². The van der Waals surface area contributed by atoms with Gasteiger partial charge in [-0.25, -0.2) is 0 Å². The summed E-state index contributed by atoms with van der Waals surface area (Å²) < 4.78 is 0. The highest BCUT2D eigenvalue weighted by Gasteiger charge is 2.35. The molecular formula is C26H53N. The largest absolute Gasteiger partial charge is 0.362 e. The zero-order valence-corrected chi connectivity index (χ0v) is 21.5. The van der Waals surface area contributed by atoms with E-state index in [9.17, 15) is 0 Å². The number of hydrogen-bond donors (Lipinski definition) is 1. The van der Waals surface area contributed by atoms with Crippen LogP contribution in [0, 0.1) is 41.4 Å². The van der Waals surface area contributed by atoms with Crippen molar-refractivity contribution in [3.63, 3.8) is 0 Å².